The maximum absolute atomic E-state index is 4.47. The highest BCUT2D eigenvalue weighted by molar-refractivity contribution is 5.30. The molecular weight excluding hydrogens is 298 g/mol. The summed E-state index contributed by atoms with van der Waals surface area (Å²) in [7, 11) is 0. The minimum Gasteiger partial charge on any atom is -0.296 e. The Balaban J connectivity index is 1.40. The maximum atomic E-state index is 4.47. The number of aromatic nitrogens is 4. The van der Waals surface area contributed by atoms with Crippen LogP contribution in [0.25, 0.3) is 5.69 Å². The average Bonchev–Trinajstić information content (AvgIpc) is 3.27. The van der Waals surface area contributed by atoms with Crippen molar-refractivity contribution in [1.82, 2.24) is 24.6 Å². The molecule has 4 rings (SSSR count). The van der Waals surface area contributed by atoms with Crippen LogP contribution in [0, 0.1) is 5.92 Å². The Labute approximate surface area is 142 Å². The second-order valence-electron chi connectivity index (χ2n) is 6.37. The molecule has 0 spiro atoms. The van der Waals surface area contributed by atoms with E-state index in [1.54, 1.807) is 6.33 Å². The van der Waals surface area contributed by atoms with Crippen LogP contribution in [0.1, 0.15) is 17.8 Å². The Morgan fingerprint density at radius 3 is 2.71 bits per heavy atom. The van der Waals surface area contributed by atoms with Gasteiger partial charge in [0.2, 0.25) is 0 Å². The first-order valence-corrected chi connectivity index (χ1v) is 8.44. The number of likely N-dealkylation sites (tertiary alicyclic amines) is 1. The molecule has 1 fully saturated rings. The van der Waals surface area contributed by atoms with Crippen molar-refractivity contribution in [2.45, 2.75) is 19.4 Å². The molecule has 0 amide bonds. The van der Waals surface area contributed by atoms with Crippen LogP contribution in [0.3, 0.4) is 0 Å². The summed E-state index contributed by atoms with van der Waals surface area (Å²) in [6, 6.07) is 14.4. The van der Waals surface area contributed by atoms with Crippen molar-refractivity contribution in [3.63, 3.8) is 0 Å². The summed E-state index contributed by atoms with van der Waals surface area (Å²) < 4.78 is 1.94. The van der Waals surface area contributed by atoms with Crippen LogP contribution in [-0.2, 0) is 13.0 Å². The summed E-state index contributed by atoms with van der Waals surface area (Å²) >= 11 is 0. The van der Waals surface area contributed by atoms with Crippen molar-refractivity contribution in [2.24, 2.45) is 5.92 Å². The molecule has 1 unspecified atom stereocenters. The molecule has 5 nitrogen and oxygen atoms in total. The van der Waals surface area contributed by atoms with Crippen LogP contribution in [0.2, 0.25) is 0 Å². The van der Waals surface area contributed by atoms with Gasteiger partial charge in [0.25, 0.3) is 0 Å². The number of hydrogen-bond donors (Lipinski definition) is 0. The summed E-state index contributed by atoms with van der Waals surface area (Å²) in [5.41, 5.74) is 2.45. The topological polar surface area (TPSA) is 46.8 Å². The monoisotopic (exact) mass is 319 g/mol. The zero-order chi connectivity index (χ0) is 16.2. The summed E-state index contributed by atoms with van der Waals surface area (Å²) in [6.45, 7) is 3.09. The van der Waals surface area contributed by atoms with Crippen molar-refractivity contribution in [2.75, 3.05) is 13.1 Å². The van der Waals surface area contributed by atoms with Crippen LogP contribution in [0.5, 0.6) is 0 Å². The van der Waals surface area contributed by atoms with Gasteiger partial charge in [-0.3, -0.25) is 9.88 Å². The summed E-state index contributed by atoms with van der Waals surface area (Å²) in [5, 5.41) is 4.39. The van der Waals surface area contributed by atoms with Crippen LogP contribution in [-0.4, -0.2) is 37.7 Å². The SMILES string of the molecule is c1ccc(-n2ncnc2CN2CCC(Cc3ccncc3)C2)cc1. The van der Waals surface area contributed by atoms with Gasteiger partial charge in [-0.2, -0.15) is 5.10 Å². The van der Waals surface area contributed by atoms with Crippen molar-refractivity contribution in [1.29, 1.82) is 0 Å². The van der Waals surface area contributed by atoms with Gasteiger partial charge in [0.1, 0.15) is 12.2 Å². The summed E-state index contributed by atoms with van der Waals surface area (Å²) in [5.74, 6) is 1.71. The minimum absolute atomic E-state index is 0.709. The molecule has 0 radical (unpaired) electrons. The predicted octanol–water partition coefficient (Wildman–Crippen LogP) is 2.73. The highest BCUT2D eigenvalue weighted by Crippen LogP contribution is 2.22. The molecule has 0 N–H and O–H groups in total. The first-order valence-electron chi connectivity index (χ1n) is 8.44. The molecule has 0 saturated carbocycles. The molecule has 2 aromatic heterocycles. The van der Waals surface area contributed by atoms with Gasteiger partial charge in [-0.05, 0) is 55.1 Å². The molecule has 1 aliphatic heterocycles. The number of hydrogen-bond acceptors (Lipinski definition) is 4. The largest absolute Gasteiger partial charge is 0.296 e. The molecule has 3 heterocycles. The van der Waals surface area contributed by atoms with E-state index in [2.05, 4.69) is 44.2 Å². The lowest BCUT2D eigenvalue weighted by atomic mass is 10.00. The third-order valence-corrected chi connectivity index (χ3v) is 4.63. The number of rotatable bonds is 5. The Kier molecular flexibility index (Phi) is 4.34. The molecule has 0 bridgehead atoms. The lowest BCUT2D eigenvalue weighted by Crippen LogP contribution is -2.23. The van der Waals surface area contributed by atoms with E-state index in [0.717, 1.165) is 37.6 Å². The standard InChI is InChI=1S/C19H21N5/c1-2-4-18(5-3-1)24-19(21-15-22-24)14-23-11-8-17(13-23)12-16-6-9-20-10-7-16/h1-7,9-10,15,17H,8,11-14H2. The minimum atomic E-state index is 0.709. The van der Waals surface area contributed by atoms with E-state index in [1.165, 1.54) is 12.0 Å². The molecule has 0 aliphatic carbocycles. The lowest BCUT2D eigenvalue weighted by molar-refractivity contribution is 0.305. The molecule has 122 valence electrons. The van der Waals surface area contributed by atoms with E-state index in [1.807, 2.05) is 35.3 Å². The first kappa shape index (κ1) is 15.0. The van der Waals surface area contributed by atoms with Gasteiger partial charge < -0.3 is 0 Å². The second kappa shape index (κ2) is 6.93. The Morgan fingerprint density at radius 2 is 1.88 bits per heavy atom. The molecule has 1 saturated heterocycles. The lowest BCUT2D eigenvalue weighted by Gasteiger charge is -2.16. The molecule has 5 heteroatoms. The zero-order valence-electron chi connectivity index (χ0n) is 13.6. The molecular formula is C19H21N5. The predicted molar refractivity (Wildman–Crippen MR) is 92.7 cm³/mol. The third-order valence-electron chi connectivity index (χ3n) is 4.63. The number of para-hydroxylation sites is 1. The fourth-order valence-corrected chi connectivity index (χ4v) is 3.43. The Morgan fingerprint density at radius 1 is 1.04 bits per heavy atom. The van der Waals surface area contributed by atoms with Crippen molar-refractivity contribution < 1.29 is 0 Å². The van der Waals surface area contributed by atoms with Crippen LogP contribution in [0.15, 0.2) is 61.2 Å². The molecule has 24 heavy (non-hydrogen) atoms. The van der Waals surface area contributed by atoms with E-state index >= 15 is 0 Å². The third kappa shape index (κ3) is 3.36. The van der Waals surface area contributed by atoms with Crippen molar-refractivity contribution >= 4 is 0 Å². The Bertz CT molecular complexity index is 769. The van der Waals surface area contributed by atoms with Crippen molar-refractivity contribution in [3.8, 4) is 5.69 Å². The van der Waals surface area contributed by atoms with E-state index in [0.29, 0.717) is 5.92 Å². The van der Waals surface area contributed by atoms with Gasteiger partial charge in [0.15, 0.2) is 0 Å². The number of nitrogens with zero attached hydrogens (tertiary/aromatic N) is 5. The molecule has 1 atom stereocenters. The van der Waals surface area contributed by atoms with E-state index < -0.39 is 0 Å². The van der Waals surface area contributed by atoms with Gasteiger partial charge >= 0.3 is 0 Å². The number of pyridine rings is 1. The van der Waals surface area contributed by atoms with Gasteiger partial charge in [0.05, 0.1) is 12.2 Å². The van der Waals surface area contributed by atoms with Crippen LogP contribution < -0.4 is 0 Å². The highest BCUT2D eigenvalue weighted by Gasteiger charge is 2.24. The van der Waals surface area contributed by atoms with E-state index in [-0.39, 0.29) is 0 Å². The van der Waals surface area contributed by atoms with Gasteiger partial charge in [-0.15, -0.1) is 0 Å². The molecule has 1 aromatic carbocycles. The fourth-order valence-electron chi connectivity index (χ4n) is 3.43. The van der Waals surface area contributed by atoms with Crippen LogP contribution in [0.4, 0.5) is 0 Å². The van der Waals surface area contributed by atoms with Gasteiger partial charge in [-0.25, -0.2) is 9.67 Å². The smallest absolute Gasteiger partial charge is 0.146 e. The summed E-state index contributed by atoms with van der Waals surface area (Å²) in [6.07, 6.45) is 7.77. The van der Waals surface area contributed by atoms with E-state index in [9.17, 15) is 0 Å². The van der Waals surface area contributed by atoms with Crippen molar-refractivity contribution in [3.05, 3.63) is 72.6 Å². The highest BCUT2D eigenvalue weighted by atomic mass is 15.4. The molecule has 1 aliphatic rings. The van der Waals surface area contributed by atoms with E-state index in [4.69, 9.17) is 0 Å². The van der Waals surface area contributed by atoms with Gasteiger partial charge in [0, 0.05) is 18.9 Å². The maximum Gasteiger partial charge on any atom is 0.146 e. The zero-order valence-corrected chi connectivity index (χ0v) is 13.6. The van der Waals surface area contributed by atoms with Gasteiger partial charge in [-0.1, -0.05) is 18.2 Å². The quantitative estimate of drug-likeness (QED) is 0.725. The Hall–Kier alpha value is -2.53. The normalized spacial score (nSPS) is 18.1. The van der Waals surface area contributed by atoms with Crippen LogP contribution >= 0.6 is 0 Å². The fraction of sp³-hybridized carbons (Fsp3) is 0.316. The summed E-state index contributed by atoms with van der Waals surface area (Å²) in [4.78, 5) is 11.0. The second-order valence-corrected chi connectivity index (χ2v) is 6.37. The number of benzene rings is 1. The average molecular weight is 319 g/mol. The molecule has 3 aromatic rings. The first-order chi connectivity index (χ1) is 11.9.